The lowest BCUT2D eigenvalue weighted by molar-refractivity contribution is 0.304. The summed E-state index contributed by atoms with van der Waals surface area (Å²) in [4.78, 5) is 0. The second kappa shape index (κ2) is 1.21. The van der Waals surface area contributed by atoms with Gasteiger partial charge in [0.1, 0.15) is 0 Å². The van der Waals surface area contributed by atoms with Gasteiger partial charge in [0.15, 0.2) is 0 Å². The van der Waals surface area contributed by atoms with E-state index in [-0.39, 0.29) is 0 Å². The summed E-state index contributed by atoms with van der Waals surface area (Å²) in [5.41, 5.74) is 0. The fraction of sp³-hybridized carbons (Fsp3) is 0.500. The van der Waals surface area contributed by atoms with Gasteiger partial charge in [0.25, 0.3) is 0 Å². The smallest absolute Gasteiger partial charge is 0.200 e. The van der Waals surface area contributed by atoms with Crippen molar-refractivity contribution >= 4 is 0 Å². The molecule has 0 atom stereocenters. The van der Waals surface area contributed by atoms with Crippen LogP contribution in [-0.4, -0.2) is 0 Å². The molecule has 0 aliphatic rings. The summed E-state index contributed by atoms with van der Waals surface area (Å²) < 4.78 is 20.5. The molecule has 0 bridgehead atoms. The Labute approximate surface area is 23.4 Å². The van der Waals surface area contributed by atoms with Gasteiger partial charge in [-0.3, -0.25) is 0 Å². The van der Waals surface area contributed by atoms with Crippen LogP contribution in [0.3, 0.4) is 0 Å². The van der Waals surface area contributed by atoms with Gasteiger partial charge in [-0.1, -0.05) is 0 Å². The second-order valence-corrected chi connectivity index (χ2v) is 0.449. The van der Waals surface area contributed by atoms with Crippen LogP contribution in [0.25, 0.3) is 0 Å². The molecular formula is C2H3F2. The van der Waals surface area contributed by atoms with E-state index in [9.17, 15) is 8.78 Å². The van der Waals surface area contributed by atoms with E-state index in [2.05, 4.69) is 0 Å². The third kappa shape index (κ3) is 70.2. The molecule has 0 unspecified atom stereocenters. The van der Waals surface area contributed by atoms with Crippen molar-refractivity contribution in [3.05, 3.63) is 6.43 Å². The van der Waals surface area contributed by atoms with Crippen molar-refractivity contribution in [1.29, 1.82) is 0 Å². The normalized spacial score (nSPS) is 9.00. The zero-order chi connectivity index (χ0) is 3.58. The van der Waals surface area contributed by atoms with E-state index in [4.69, 9.17) is 0 Å². The molecule has 0 aliphatic heterocycles. The minimum absolute atomic E-state index is 0.750. The SMILES string of the molecule is C[C](F)F. The summed E-state index contributed by atoms with van der Waals surface area (Å²) in [6.45, 7) is 0.750. The zero-order valence-corrected chi connectivity index (χ0v) is 2.26. The van der Waals surface area contributed by atoms with Crippen LogP contribution in [0.4, 0.5) is 8.78 Å². The molecule has 4 heavy (non-hydrogen) atoms. The molecule has 0 aliphatic carbocycles. The van der Waals surface area contributed by atoms with Crippen molar-refractivity contribution < 1.29 is 8.78 Å². The van der Waals surface area contributed by atoms with Gasteiger partial charge in [-0.15, -0.1) is 0 Å². The van der Waals surface area contributed by atoms with Crippen molar-refractivity contribution in [2.45, 2.75) is 6.92 Å². The van der Waals surface area contributed by atoms with E-state index < -0.39 is 6.43 Å². The highest BCUT2D eigenvalue weighted by molar-refractivity contribution is 4.39. The average molecular weight is 65.0 g/mol. The highest BCUT2D eigenvalue weighted by Crippen LogP contribution is 1.95. The quantitative estimate of drug-likeness (QED) is 0.400. The maximum Gasteiger partial charge on any atom is 0.307 e. The number of hydrogen-bond acceptors (Lipinski definition) is 0. The van der Waals surface area contributed by atoms with Crippen molar-refractivity contribution in [3.63, 3.8) is 0 Å². The molecule has 0 amide bonds. The highest BCUT2D eigenvalue weighted by atomic mass is 19.3. The fourth-order valence-corrected chi connectivity index (χ4v) is 0. The molecule has 0 saturated carbocycles. The van der Waals surface area contributed by atoms with Gasteiger partial charge in [0, 0.05) is 6.92 Å². The van der Waals surface area contributed by atoms with Crippen LogP contribution in [0.2, 0.25) is 0 Å². The van der Waals surface area contributed by atoms with Gasteiger partial charge in [-0.2, -0.15) is 0 Å². The molecule has 0 spiro atoms. The summed E-state index contributed by atoms with van der Waals surface area (Å²) in [5, 5.41) is 0. The van der Waals surface area contributed by atoms with Gasteiger partial charge in [0.05, 0.1) is 0 Å². The molecule has 0 aromatic heterocycles. The molecule has 0 N–H and O–H groups in total. The van der Waals surface area contributed by atoms with Gasteiger partial charge in [-0.25, -0.2) is 8.78 Å². The highest BCUT2D eigenvalue weighted by Gasteiger charge is 1.84. The molecular weight excluding hydrogens is 62.0 g/mol. The standard InChI is InChI=1S/C2H3F2/c1-2(3)4/h1H3. The molecule has 0 heterocycles. The Balaban J connectivity index is 2.32. The van der Waals surface area contributed by atoms with Gasteiger partial charge < -0.3 is 0 Å². The van der Waals surface area contributed by atoms with Crippen LogP contribution >= 0.6 is 0 Å². The minimum Gasteiger partial charge on any atom is -0.200 e. The molecule has 25 valence electrons. The van der Waals surface area contributed by atoms with Crippen molar-refractivity contribution in [3.8, 4) is 0 Å². The largest absolute Gasteiger partial charge is 0.307 e. The zero-order valence-electron chi connectivity index (χ0n) is 2.26. The minimum atomic E-state index is -1.58. The molecule has 0 rings (SSSR count). The monoisotopic (exact) mass is 65.0 g/mol. The van der Waals surface area contributed by atoms with Crippen LogP contribution in [0, 0.1) is 6.43 Å². The van der Waals surface area contributed by atoms with Crippen LogP contribution < -0.4 is 0 Å². The first-order chi connectivity index (χ1) is 1.73. The van der Waals surface area contributed by atoms with E-state index in [1.54, 1.807) is 0 Å². The van der Waals surface area contributed by atoms with Gasteiger partial charge >= 0.3 is 6.43 Å². The maximum atomic E-state index is 10.2. The van der Waals surface area contributed by atoms with Crippen LogP contribution in [0.5, 0.6) is 0 Å². The molecule has 0 saturated heterocycles. The predicted octanol–water partition coefficient (Wildman–Crippen LogP) is 1.43. The first-order valence-corrected chi connectivity index (χ1v) is 0.878. The van der Waals surface area contributed by atoms with E-state index >= 15 is 0 Å². The lowest BCUT2D eigenvalue weighted by atomic mass is 10.9. The second-order valence-electron chi connectivity index (χ2n) is 0.449. The summed E-state index contributed by atoms with van der Waals surface area (Å²) in [7, 11) is 0. The molecule has 0 nitrogen and oxygen atoms in total. The van der Waals surface area contributed by atoms with Crippen molar-refractivity contribution in [2.24, 2.45) is 0 Å². The summed E-state index contributed by atoms with van der Waals surface area (Å²) in [6, 6.07) is 0. The molecule has 0 aromatic carbocycles. The van der Waals surface area contributed by atoms with Crippen molar-refractivity contribution in [2.75, 3.05) is 0 Å². The Bertz CT molecular complexity index is 8.75. The topological polar surface area (TPSA) is 0 Å². The Hall–Kier alpha value is -0.140. The number of hydrogen-bond donors (Lipinski definition) is 0. The van der Waals surface area contributed by atoms with E-state index in [0.717, 1.165) is 6.92 Å². The third-order valence-electron chi connectivity index (χ3n) is 0. The van der Waals surface area contributed by atoms with Gasteiger partial charge in [-0.05, 0) is 0 Å². The molecule has 2 heteroatoms. The molecule has 1 radical (unpaired) electrons. The summed E-state index contributed by atoms with van der Waals surface area (Å²) in [5.74, 6) is 0. The fourth-order valence-electron chi connectivity index (χ4n) is 0. The van der Waals surface area contributed by atoms with Crippen LogP contribution in [0.15, 0.2) is 0 Å². The number of rotatable bonds is 0. The van der Waals surface area contributed by atoms with E-state index in [0.29, 0.717) is 0 Å². The van der Waals surface area contributed by atoms with Crippen molar-refractivity contribution in [1.82, 2.24) is 0 Å². The molecule has 0 fully saturated rings. The predicted molar refractivity (Wildman–Crippen MR) is 11.1 cm³/mol. The maximum absolute atomic E-state index is 10.2. The lowest BCUT2D eigenvalue weighted by Gasteiger charge is -1.66. The Kier molecular flexibility index (Phi) is 1.17. The van der Waals surface area contributed by atoms with Gasteiger partial charge in [0.2, 0.25) is 0 Å². The lowest BCUT2D eigenvalue weighted by Crippen LogP contribution is -1.54. The first-order valence-electron chi connectivity index (χ1n) is 0.878. The summed E-state index contributed by atoms with van der Waals surface area (Å²) in [6.07, 6.45) is -1.58. The number of halogens is 2. The Morgan fingerprint density at radius 3 is 1.50 bits per heavy atom. The van der Waals surface area contributed by atoms with Crippen LogP contribution in [0.1, 0.15) is 6.92 Å². The molecule has 0 aromatic rings. The van der Waals surface area contributed by atoms with E-state index in [1.165, 1.54) is 0 Å². The van der Waals surface area contributed by atoms with Crippen LogP contribution in [-0.2, 0) is 0 Å². The van der Waals surface area contributed by atoms with E-state index in [1.807, 2.05) is 0 Å². The Morgan fingerprint density at radius 2 is 1.50 bits per heavy atom. The Morgan fingerprint density at radius 1 is 1.50 bits per heavy atom. The first kappa shape index (κ1) is 3.86. The third-order valence-corrected chi connectivity index (χ3v) is 0. The summed E-state index contributed by atoms with van der Waals surface area (Å²) >= 11 is 0. The average Bonchev–Trinajstić information content (AvgIpc) is 0.811.